The molecule has 0 N–H and O–H groups in total. The topological polar surface area (TPSA) is 63.9 Å². The second kappa shape index (κ2) is 3.58. The molecule has 0 saturated carbocycles. The summed E-state index contributed by atoms with van der Waals surface area (Å²) in [4.78, 5) is 15.8. The summed E-state index contributed by atoms with van der Waals surface area (Å²) in [6.07, 6.45) is 4.90. The Labute approximate surface area is 96.7 Å². The molecule has 1 unspecified atom stereocenters. The van der Waals surface area contributed by atoms with Gasteiger partial charge in [0.05, 0.1) is 11.8 Å². The summed E-state index contributed by atoms with van der Waals surface area (Å²) < 4.78 is 0. The molecule has 3 heterocycles. The van der Waals surface area contributed by atoms with E-state index >= 15 is 0 Å². The van der Waals surface area contributed by atoms with Crippen molar-refractivity contribution in [2.24, 2.45) is 0 Å². The van der Waals surface area contributed by atoms with E-state index in [-0.39, 0.29) is 11.9 Å². The first-order valence-electron chi connectivity index (χ1n) is 5.21. The highest BCUT2D eigenvalue weighted by molar-refractivity contribution is 8.04. The maximum atomic E-state index is 11.3. The molecule has 1 aromatic rings. The quantitative estimate of drug-likeness (QED) is 0.727. The first-order chi connectivity index (χ1) is 7.79. The number of carbonyl (C=O) groups is 1. The van der Waals surface area contributed by atoms with Crippen LogP contribution in [0.15, 0.2) is 17.4 Å². The van der Waals surface area contributed by atoms with E-state index in [0.717, 1.165) is 11.3 Å². The molecule has 0 aromatic carbocycles. The second-order valence-corrected chi connectivity index (χ2v) is 5.04. The SMILES string of the molecule is CCC(C1=CN2C(=O)C[C@H]2S1)n1ncnn1. The zero-order chi connectivity index (χ0) is 11.1. The number of thioether (sulfide) groups is 1. The number of carbonyl (C=O) groups excluding carboxylic acids is 1. The van der Waals surface area contributed by atoms with E-state index < -0.39 is 0 Å². The van der Waals surface area contributed by atoms with Crippen molar-refractivity contribution < 1.29 is 4.79 Å². The zero-order valence-corrected chi connectivity index (χ0v) is 9.59. The number of fused-ring (bicyclic) bond motifs is 1. The number of hydrogen-bond donors (Lipinski definition) is 0. The number of nitrogens with zero attached hydrogens (tertiary/aromatic N) is 5. The maximum Gasteiger partial charge on any atom is 0.230 e. The van der Waals surface area contributed by atoms with Gasteiger partial charge in [0.2, 0.25) is 5.91 Å². The zero-order valence-electron chi connectivity index (χ0n) is 8.78. The Balaban J connectivity index is 1.84. The minimum absolute atomic E-state index is 0.103. The van der Waals surface area contributed by atoms with Gasteiger partial charge in [-0.1, -0.05) is 6.92 Å². The third-order valence-electron chi connectivity index (χ3n) is 2.84. The minimum atomic E-state index is 0.103. The highest BCUT2D eigenvalue weighted by atomic mass is 32.2. The molecule has 0 aliphatic carbocycles. The number of aromatic nitrogens is 4. The summed E-state index contributed by atoms with van der Waals surface area (Å²) in [6, 6.07) is 0.103. The van der Waals surface area contributed by atoms with Crippen LogP contribution >= 0.6 is 11.8 Å². The lowest BCUT2D eigenvalue weighted by molar-refractivity contribution is -0.137. The van der Waals surface area contributed by atoms with Crippen LogP contribution in [0, 0.1) is 0 Å². The Kier molecular flexibility index (Phi) is 2.20. The molecule has 1 saturated heterocycles. The maximum absolute atomic E-state index is 11.3. The minimum Gasteiger partial charge on any atom is -0.305 e. The fraction of sp³-hybridized carbons (Fsp3) is 0.556. The van der Waals surface area contributed by atoms with Crippen LogP contribution in [-0.2, 0) is 4.79 Å². The van der Waals surface area contributed by atoms with E-state index in [4.69, 9.17) is 0 Å². The fourth-order valence-corrected chi connectivity index (χ4v) is 3.36. The van der Waals surface area contributed by atoms with Crippen LogP contribution in [0.25, 0.3) is 0 Å². The van der Waals surface area contributed by atoms with Crippen molar-refractivity contribution in [2.45, 2.75) is 31.2 Å². The predicted molar refractivity (Wildman–Crippen MR) is 58.1 cm³/mol. The molecular formula is C9H11N5OS. The number of β-lactam (4-membered cyclic amide) rings is 1. The standard InChI is InChI=1S/C9H11N5OS/c1-2-6(14-11-5-10-12-14)7-4-13-8(15)3-9(13)16-7/h4-6,9H,2-3H2,1H3/t6?,9-/m1/s1. The van der Waals surface area contributed by atoms with Gasteiger partial charge in [-0.05, 0) is 11.6 Å². The Morgan fingerprint density at radius 3 is 3.12 bits per heavy atom. The van der Waals surface area contributed by atoms with Gasteiger partial charge in [0.25, 0.3) is 0 Å². The number of amides is 1. The lowest BCUT2D eigenvalue weighted by atomic mass is 10.2. The van der Waals surface area contributed by atoms with Gasteiger partial charge in [-0.15, -0.1) is 22.0 Å². The van der Waals surface area contributed by atoms with Gasteiger partial charge in [0.15, 0.2) is 6.33 Å². The van der Waals surface area contributed by atoms with Crippen LogP contribution in [-0.4, -0.2) is 36.4 Å². The summed E-state index contributed by atoms with van der Waals surface area (Å²) in [5.41, 5.74) is 0. The summed E-state index contributed by atoms with van der Waals surface area (Å²) in [6.45, 7) is 2.08. The van der Waals surface area contributed by atoms with Crippen LogP contribution < -0.4 is 0 Å². The largest absolute Gasteiger partial charge is 0.305 e. The normalized spacial score (nSPS) is 25.1. The van der Waals surface area contributed by atoms with E-state index in [0.29, 0.717) is 11.8 Å². The molecule has 6 nitrogen and oxygen atoms in total. The van der Waals surface area contributed by atoms with E-state index in [1.807, 2.05) is 6.20 Å². The molecule has 0 spiro atoms. The molecular weight excluding hydrogens is 226 g/mol. The highest BCUT2D eigenvalue weighted by Crippen LogP contribution is 2.46. The fourth-order valence-electron chi connectivity index (χ4n) is 1.94. The Morgan fingerprint density at radius 1 is 1.69 bits per heavy atom. The molecule has 1 aromatic heterocycles. The van der Waals surface area contributed by atoms with Crippen LogP contribution in [0.1, 0.15) is 25.8 Å². The van der Waals surface area contributed by atoms with Gasteiger partial charge in [0.1, 0.15) is 6.04 Å². The van der Waals surface area contributed by atoms with Gasteiger partial charge < -0.3 is 4.90 Å². The monoisotopic (exact) mass is 237 g/mol. The van der Waals surface area contributed by atoms with Crippen molar-refractivity contribution in [1.82, 2.24) is 25.1 Å². The van der Waals surface area contributed by atoms with Crippen molar-refractivity contribution in [1.29, 1.82) is 0 Å². The molecule has 3 rings (SSSR count). The van der Waals surface area contributed by atoms with Gasteiger partial charge >= 0.3 is 0 Å². The number of tetrazole rings is 1. The summed E-state index contributed by atoms with van der Waals surface area (Å²) >= 11 is 1.73. The first-order valence-corrected chi connectivity index (χ1v) is 6.09. The molecule has 2 aliphatic rings. The van der Waals surface area contributed by atoms with E-state index in [9.17, 15) is 4.79 Å². The highest BCUT2D eigenvalue weighted by Gasteiger charge is 2.42. The van der Waals surface area contributed by atoms with Gasteiger partial charge in [-0.3, -0.25) is 4.79 Å². The molecule has 1 fully saturated rings. The molecule has 7 heteroatoms. The van der Waals surface area contributed by atoms with E-state index in [1.165, 1.54) is 6.33 Å². The summed E-state index contributed by atoms with van der Waals surface area (Å²) in [5.74, 6) is 0.203. The van der Waals surface area contributed by atoms with Gasteiger partial charge in [-0.2, -0.15) is 4.80 Å². The van der Waals surface area contributed by atoms with Crippen molar-refractivity contribution in [2.75, 3.05) is 0 Å². The molecule has 16 heavy (non-hydrogen) atoms. The number of rotatable bonds is 3. The van der Waals surface area contributed by atoms with E-state index in [2.05, 4.69) is 22.3 Å². The molecule has 2 atom stereocenters. The van der Waals surface area contributed by atoms with Gasteiger partial charge in [-0.25, -0.2) is 0 Å². The van der Waals surface area contributed by atoms with Crippen molar-refractivity contribution in [3.8, 4) is 0 Å². The molecule has 84 valence electrons. The van der Waals surface area contributed by atoms with Crippen LogP contribution in [0.2, 0.25) is 0 Å². The van der Waals surface area contributed by atoms with Crippen molar-refractivity contribution >= 4 is 17.7 Å². The summed E-state index contributed by atoms with van der Waals surface area (Å²) in [7, 11) is 0. The second-order valence-electron chi connectivity index (χ2n) is 3.79. The smallest absolute Gasteiger partial charge is 0.230 e. The molecule has 2 aliphatic heterocycles. The average Bonchev–Trinajstić information content (AvgIpc) is 2.88. The van der Waals surface area contributed by atoms with E-state index in [1.54, 1.807) is 21.5 Å². The molecule has 1 amide bonds. The van der Waals surface area contributed by atoms with Crippen LogP contribution in [0.5, 0.6) is 0 Å². The molecule has 0 bridgehead atoms. The Hall–Kier alpha value is -1.37. The van der Waals surface area contributed by atoms with Crippen molar-refractivity contribution in [3.05, 3.63) is 17.4 Å². The lowest BCUT2D eigenvalue weighted by Gasteiger charge is -2.31. The first kappa shape index (κ1) is 9.83. The van der Waals surface area contributed by atoms with Crippen molar-refractivity contribution in [3.63, 3.8) is 0 Å². The Morgan fingerprint density at radius 2 is 2.56 bits per heavy atom. The van der Waals surface area contributed by atoms with Crippen LogP contribution in [0.4, 0.5) is 0 Å². The third kappa shape index (κ3) is 1.35. The predicted octanol–water partition coefficient (Wildman–Crippen LogP) is 0.771. The summed E-state index contributed by atoms with van der Waals surface area (Å²) in [5, 5.41) is 12.0. The number of hydrogen-bond acceptors (Lipinski definition) is 5. The average molecular weight is 237 g/mol. The van der Waals surface area contributed by atoms with Crippen LogP contribution in [0.3, 0.4) is 0 Å². The lowest BCUT2D eigenvalue weighted by Crippen LogP contribution is -2.44. The number of allylic oxidation sites excluding steroid dienone is 1. The van der Waals surface area contributed by atoms with Gasteiger partial charge in [0, 0.05) is 11.1 Å². The Bertz CT molecular complexity index is 443. The molecule has 0 radical (unpaired) electrons. The third-order valence-corrected chi connectivity index (χ3v) is 4.16.